The van der Waals surface area contributed by atoms with Crippen LogP contribution in [0.25, 0.3) is 5.69 Å². The Hall–Kier alpha value is -3.51. The second kappa shape index (κ2) is 8.69. The minimum atomic E-state index is -0.304. The standard InChI is InChI=1S/C28H27FN4S/c1-17-12-13-18(2)25(15-17)32-19(3)16-21(20(32)4)27-26(23-10-7-8-14-30-23)31-28(34)33(27)24-11-6-5-9-22(24)29/h5-16,26-27H,1-4H3,(H,31,34)/t26-,27-/m1/s1. The van der Waals surface area contributed by atoms with Gasteiger partial charge in [0, 0.05) is 23.3 Å². The van der Waals surface area contributed by atoms with Crippen molar-refractivity contribution in [1.82, 2.24) is 14.9 Å². The first-order valence-corrected chi connectivity index (χ1v) is 11.8. The van der Waals surface area contributed by atoms with Gasteiger partial charge < -0.3 is 14.8 Å². The van der Waals surface area contributed by atoms with E-state index in [9.17, 15) is 0 Å². The Morgan fingerprint density at radius 2 is 1.68 bits per heavy atom. The summed E-state index contributed by atoms with van der Waals surface area (Å²) in [5, 5.41) is 3.92. The second-order valence-corrected chi connectivity index (χ2v) is 9.29. The third kappa shape index (κ3) is 3.68. The number of nitrogens with zero attached hydrogens (tertiary/aromatic N) is 3. The van der Waals surface area contributed by atoms with E-state index in [0.717, 1.165) is 28.3 Å². The quantitative estimate of drug-likeness (QED) is 0.349. The summed E-state index contributed by atoms with van der Waals surface area (Å²) in [7, 11) is 0. The number of halogens is 1. The molecule has 4 aromatic rings. The number of aromatic nitrogens is 2. The van der Waals surface area contributed by atoms with E-state index < -0.39 is 0 Å². The number of rotatable bonds is 4. The van der Waals surface area contributed by atoms with Crippen molar-refractivity contribution in [2.24, 2.45) is 0 Å². The first-order chi connectivity index (χ1) is 16.4. The van der Waals surface area contributed by atoms with Crippen molar-refractivity contribution < 1.29 is 4.39 Å². The molecule has 1 saturated heterocycles. The molecule has 2 aromatic heterocycles. The maximum atomic E-state index is 15.0. The number of pyridine rings is 1. The topological polar surface area (TPSA) is 33.1 Å². The third-order valence-corrected chi connectivity index (χ3v) is 6.92. The molecule has 6 heteroatoms. The molecule has 4 nitrogen and oxygen atoms in total. The Morgan fingerprint density at radius 1 is 0.912 bits per heavy atom. The van der Waals surface area contributed by atoms with Crippen LogP contribution in [0.5, 0.6) is 0 Å². The van der Waals surface area contributed by atoms with Gasteiger partial charge >= 0.3 is 0 Å². The summed E-state index contributed by atoms with van der Waals surface area (Å²) < 4.78 is 17.3. The van der Waals surface area contributed by atoms with E-state index in [4.69, 9.17) is 12.2 Å². The molecule has 0 radical (unpaired) electrons. The Labute approximate surface area is 205 Å². The largest absolute Gasteiger partial charge is 0.351 e. The zero-order valence-corrected chi connectivity index (χ0v) is 20.5. The van der Waals surface area contributed by atoms with Crippen molar-refractivity contribution in [1.29, 1.82) is 0 Å². The summed E-state index contributed by atoms with van der Waals surface area (Å²) in [6.07, 6.45) is 1.78. The van der Waals surface area contributed by atoms with E-state index >= 15 is 4.39 Å². The molecule has 0 saturated carbocycles. The number of hydrogen-bond acceptors (Lipinski definition) is 2. The molecule has 0 unspecified atom stereocenters. The molecule has 1 aliphatic heterocycles. The van der Waals surface area contributed by atoms with Crippen LogP contribution < -0.4 is 10.2 Å². The summed E-state index contributed by atoms with van der Waals surface area (Å²) in [4.78, 5) is 6.52. The predicted octanol–water partition coefficient (Wildman–Crippen LogP) is 6.42. The number of benzene rings is 2. The summed E-state index contributed by atoms with van der Waals surface area (Å²) in [5.74, 6) is -0.304. The number of thiocarbonyl (C=S) groups is 1. The molecule has 1 aliphatic rings. The number of para-hydroxylation sites is 1. The maximum absolute atomic E-state index is 15.0. The van der Waals surface area contributed by atoms with Gasteiger partial charge in [-0.2, -0.15) is 0 Å². The van der Waals surface area contributed by atoms with Crippen molar-refractivity contribution in [3.63, 3.8) is 0 Å². The molecule has 172 valence electrons. The number of nitrogens with one attached hydrogen (secondary N) is 1. The van der Waals surface area contributed by atoms with Gasteiger partial charge in [-0.05, 0) is 93.0 Å². The second-order valence-electron chi connectivity index (χ2n) is 8.90. The molecule has 1 fully saturated rings. The molecule has 5 rings (SSSR count). The number of anilines is 1. The van der Waals surface area contributed by atoms with E-state index in [0.29, 0.717) is 10.8 Å². The fraction of sp³-hybridized carbons (Fsp3) is 0.214. The van der Waals surface area contributed by atoms with Gasteiger partial charge in [-0.15, -0.1) is 0 Å². The van der Waals surface area contributed by atoms with Gasteiger partial charge in [0.05, 0.1) is 23.5 Å². The fourth-order valence-corrected chi connectivity index (χ4v) is 5.33. The van der Waals surface area contributed by atoms with Gasteiger partial charge in [0.15, 0.2) is 5.11 Å². The van der Waals surface area contributed by atoms with Gasteiger partial charge in [0.2, 0.25) is 0 Å². The zero-order valence-electron chi connectivity index (χ0n) is 19.7. The van der Waals surface area contributed by atoms with Crippen molar-refractivity contribution in [3.05, 3.63) is 113 Å². The molecule has 0 spiro atoms. The summed E-state index contributed by atoms with van der Waals surface area (Å²) >= 11 is 5.76. The SMILES string of the molecule is Cc1ccc(C)c(-n2c(C)cc([C@@H]3[C@@H](c4ccccn4)NC(=S)N3c3ccccc3F)c2C)c1. The lowest BCUT2D eigenvalue weighted by Crippen LogP contribution is -2.30. The normalized spacial score (nSPS) is 17.8. The molecule has 0 aliphatic carbocycles. The Balaban J connectivity index is 1.72. The molecule has 2 aromatic carbocycles. The van der Waals surface area contributed by atoms with Crippen LogP contribution in [0.3, 0.4) is 0 Å². The highest BCUT2D eigenvalue weighted by Crippen LogP contribution is 2.44. The molecule has 0 bridgehead atoms. The van der Waals surface area contributed by atoms with E-state index in [1.807, 2.05) is 29.2 Å². The molecule has 3 heterocycles. The Morgan fingerprint density at radius 3 is 2.41 bits per heavy atom. The van der Waals surface area contributed by atoms with Crippen LogP contribution in [-0.4, -0.2) is 14.7 Å². The summed E-state index contributed by atoms with van der Waals surface area (Å²) in [6, 6.07) is 20.8. The van der Waals surface area contributed by atoms with E-state index in [1.54, 1.807) is 18.3 Å². The predicted molar refractivity (Wildman–Crippen MR) is 139 cm³/mol. The van der Waals surface area contributed by atoms with Crippen LogP contribution in [0.4, 0.5) is 10.1 Å². The van der Waals surface area contributed by atoms with Gasteiger partial charge in [0.25, 0.3) is 0 Å². The monoisotopic (exact) mass is 470 g/mol. The number of hydrogen-bond donors (Lipinski definition) is 1. The average molecular weight is 471 g/mol. The van der Waals surface area contributed by atoms with Crippen LogP contribution in [0.15, 0.2) is 72.9 Å². The minimum Gasteiger partial charge on any atom is -0.351 e. The van der Waals surface area contributed by atoms with E-state index in [1.165, 1.54) is 17.2 Å². The number of aryl methyl sites for hydroxylation is 3. The molecular formula is C28H27FN4S. The first-order valence-electron chi connectivity index (χ1n) is 11.4. The Bertz CT molecular complexity index is 1380. The lowest BCUT2D eigenvalue weighted by molar-refractivity contribution is 0.556. The van der Waals surface area contributed by atoms with Crippen molar-refractivity contribution in [2.75, 3.05) is 4.90 Å². The molecular weight excluding hydrogens is 443 g/mol. The average Bonchev–Trinajstić information content (AvgIpc) is 3.31. The minimum absolute atomic E-state index is 0.221. The molecule has 2 atom stereocenters. The molecule has 34 heavy (non-hydrogen) atoms. The fourth-order valence-electron chi connectivity index (χ4n) is 5.00. The van der Waals surface area contributed by atoms with Gasteiger partial charge in [-0.25, -0.2) is 4.39 Å². The van der Waals surface area contributed by atoms with Crippen LogP contribution in [-0.2, 0) is 0 Å². The van der Waals surface area contributed by atoms with Gasteiger partial charge in [-0.3, -0.25) is 4.98 Å². The van der Waals surface area contributed by atoms with Crippen molar-refractivity contribution in [2.45, 2.75) is 39.8 Å². The van der Waals surface area contributed by atoms with Crippen LogP contribution in [0.2, 0.25) is 0 Å². The van der Waals surface area contributed by atoms with Crippen molar-refractivity contribution in [3.8, 4) is 5.69 Å². The first kappa shape index (κ1) is 22.3. The molecule has 1 N–H and O–H groups in total. The highest BCUT2D eigenvalue weighted by atomic mass is 32.1. The summed E-state index contributed by atoms with van der Waals surface area (Å²) in [5.41, 5.74) is 8.19. The smallest absolute Gasteiger partial charge is 0.174 e. The van der Waals surface area contributed by atoms with Gasteiger partial charge in [0.1, 0.15) is 5.82 Å². The summed E-state index contributed by atoms with van der Waals surface area (Å²) in [6.45, 7) is 8.47. The zero-order chi connectivity index (χ0) is 24.0. The van der Waals surface area contributed by atoms with E-state index in [-0.39, 0.29) is 17.9 Å². The van der Waals surface area contributed by atoms with Gasteiger partial charge in [-0.1, -0.05) is 30.3 Å². The molecule has 0 amide bonds. The highest BCUT2D eigenvalue weighted by Gasteiger charge is 2.43. The van der Waals surface area contributed by atoms with Crippen LogP contribution in [0, 0.1) is 33.5 Å². The lowest BCUT2D eigenvalue weighted by atomic mass is 9.96. The van der Waals surface area contributed by atoms with Crippen LogP contribution in [0.1, 0.15) is 45.9 Å². The van der Waals surface area contributed by atoms with Crippen molar-refractivity contribution >= 4 is 23.0 Å². The highest BCUT2D eigenvalue weighted by molar-refractivity contribution is 7.80. The lowest BCUT2D eigenvalue weighted by Gasteiger charge is -2.28. The van der Waals surface area contributed by atoms with Crippen LogP contribution >= 0.6 is 12.2 Å². The van der Waals surface area contributed by atoms with E-state index in [2.05, 4.69) is 66.8 Å². The maximum Gasteiger partial charge on any atom is 0.174 e. The third-order valence-electron chi connectivity index (χ3n) is 6.60. The Kier molecular flexibility index (Phi) is 5.70.